The van der Waals surface area contributed by atoms with Gasteiger partial charge in [0.05, 0.1) is 6.04 Å². The first-order chi connectivity index (χ1) is 19.0. The summed E-state index contributed by atoms with van der Waals surface area (Å²) in [5.74, 6) is -0.962. The summed E-state index contributed by atoms with van der Waals surface area (Å²) in [4.78, 5) is 59.2. The van der Waals surface area contributed by atoms with Gasteiger partial charge in [0.1, 0.15) is 23.2 Å². The fraction of sp³-hybridized carbons (Fsp3) is 0.633. The SMILES string of the molecule is C[C@H](NC(=O)[C@@]12C[C@H]1/C=C\CCCCC[C@H](NC(=O)OC(C)(C)C)C(=O)N1CCC[C@H]1C(=O)N2)c1ccncc1. The maximum atomic E-state index is 13.7. The molecule has 1 aromatic heterocycles. The van der Waals surface area contributed by atoms with Gasteiger partial charge in [0, 0.05) is 24.9 Å². The summed E-state index contributed by atoms with van der Waals surface area (Å²) in [5, 5.41) is 8.88. The second kappa shape index (κ2) is 12.4. The molecule has 3 aliphatic rings. The summed E-state index contributed by atoms with van der Waals surface area (Å²) >= 11 is 0. The number of nitrogens with one attached hydrogen (secondary N) is 3. The number of alkyl carbamates (subject to hydrolysis) is 1. The van der Waals surface area contributed by atoms with Crippen LogP contribution < -0.4 is 16.0 Å². The van der Waals surface area contributed by atoms with E-state index in [-0.39, 0.29) is 29.7 Å². The molecular formula is C30H43N5O5. The summed E-state index contributed by atoms with van der Waals surface area (Å²) in [6.45, 7) is 7.64. The highest BCUT2D eigenvalue weighted by molar-refractivity contribution is 5.98. The Morgan fingerprint density at radius 2 is 1.88 bits per heavy atom. The zero-order valence-corrected chi connectivity index (χ0v) is 24.1. The van der Waals surface area contributed by atoms with E-state index < -0.39 is 29.3 Å². The van der Waals surface area contributed by atoms with Crippen molar-refractivity contribution in [3.05, 3.63) is 42.2 Å². The van der Waals surface area contributed by atoms with Gasteiger partial charge in [-0.05, 0) is 83.9 Å². The molecule has 1 aliphatic carbocycles. The molecule has 4 amide bonds. The van der Waals surface area contributed by atoms with Crippen molar-refractivity contribution < 1.29 is 23.9 Å². The predicted octanol–water partition coefficient (Wildman–Crippen LogP) is 3.54. The van der Waals surface area contributed by atoms with E-state index in [1.165, 1.54) is 0 Å². The number of hydrogen-bond donors (Lipinski definition) is 3. The zero-order valence-electron chi connectivity index (χ0n) is 24.1. The van der Waals surface area contributed by atoms with Gasteiger partial charge in [-0.3, -0.25) is 19.4 Å². The molecule has 0 unspecified atom stereocenters. The maximum Gasteiger partial charge on any atom is 0.408 e. The van der Waals surface area contributed by atoms with Crippen molar-refractivity contribution in [3.8, 4) is 0 Å². The van der Waals surface area contributed by atoms with Gasteiger partial charge < -0.3 is 25.6 Å². The van der Waals surface area contributed by atoms with Gasteiger partial charge in [-0.25, -0.2) is 4.79 Å². The third-order valence-electron chi connectivity index (χ3n) is 7.88. The first-order valence-electron chi connectivity index (χ1n) is 14.5. The van der Waals surface area contributed by atoms with E-state index in [1.807, 2.05) is 25.1 Å². The van der Waals surface area contributed by atoms with Gasteiger partial charge in [-0.2, -0.15) is 0 Å². The molecule has 40 heavy (non-hydrogen) atoms. The fourth-order valence-corrected chi connectivity index (χ4v) is 5.60. The third-order valence-corrected chi connectivity index (χ3v) is 7.88. The van der Waals surface area contributed by atoms with Crippen LogP contribution in [0.25, 0.3) is 0 Å². The normalized spacial score (nSPS) is 29.0. The molecule has 10 nitrogen and oxygen atoms in total. The Kier molecular flexibility index (Phi) is 9.15. The average molecular weight is 554 g/mol. The van der Waals surface area contributed by atoms with Crippen molar-refractivity contribution in [2.75, 3.05) is 6.54 Å². The van der Waals surface area contributed by atoms with E-state index in [0.29, 0.717) is 32.2 Å². The molecule has 3 N–H and O–H groups in total. The van der Waals surface area contributed by atoms with Crippen LogP contribution >= 0.6 is 0 Å². The first-order valence-corrected chi connectivity index (χ1v) is 14.5. The number of carbonyl (C=O) groups excluding carboxylic acids is 4. The van der Waals surface area contributed by atoms with Crippen LogP contribution in [0.15, 0.2) is 36.7 Å². The number of pyridine rings is 1. The van der Waals surface area contributed by atoms with E-state index in [1.54, 1.807) is 38.1 Å². The van der Waals surface area contributed by atoms with Gasteiger partial charge in [-0.1, -0.05) is 25.0 Å². The highest BCUT2D eigenvalue weighted by Gasteiger charge is 2.60. The van der Waals surface area contributed by atoms with Crippen LogP contribution in [0.1, 0.15) is 90.7 Å². The maximum absolute atomic E-state index is 13.7. The predicted molar refractivity (Wildman–Crippen MR) is 150 cm³/mol. The van der Waals surface area contributed by atoms with Crippen LogP contribution in [0.3, 0.4) is 0 Å². The second-order valence-electron chi connectivity index (χ2n) is 12.2. The van der Waals surface area contributed by atoms with Crippen molar-refractivity contribution in [2.24, 2.45) is 5.92 Å². The van der Waals surface area contributed by atoms with Crippen molar-refractivity contribution >= 4 is 23.8 Å². The second-order valence-corrected chi connectivity index (χ2v) is 12.2. The van der Waals surface area contributed by atoms with Crippen molar-refractivity contribution in [2.45, 2.75) is 108 Å². The van der Waals surface area contributed by atoms with Gasteiger partial charge >= 0.3 is 6.09 Å². The molecule has 1 saturated heterocycles. The Balaban J connectivity index is 1.53. The number of aromatic nitrogens is 1. The Morgan fingerprint density at radius 1 is 1.12 bits per heavy atom. The smallest absolute Gasteiger partial charge is 0.408 e. The van der Waals surface area contributed by atoms with Crippen molar-refractivity contribution in [1.29, 1.82) is 0 Å². The molecule has 5 atom stereocenters. The number of nitrogens with zero attached hydrogens (tertiary/aromatic N) is 2. The minimum Gasteiger partial charge on any atom is -0.444 e. The number of hydrogen-bond acceptors (Lipinski definition) is 6. The van der Waals surface area contributed by atoms with E-state index in [2.05, 4.69) is 27.0 Å². The standard InChI is InChI=1S/C30H43N5O5/c1-20(21-14-16-31-17-15-21)32-27(38)30-19-22(30)11-8-6-5-7-9-12-23(33-28(39)40-29(2,3)4)26(37)35-18-10-13-24(35)25(36)34-30/h8,11,14-17,20,22-24H,5-7,9-10,12-13,18-19H2,1-4H3,(H,32,38)(H,33,39)(H,34,36)/b11-8-/t20-,22+,23-,24-,30+/m0/s1. The van der Waals surface area contributed by atoms with Crippen LogP contribution in [0.5, 0.6) is 0 Å². The molecule has 2 aliphatic heterocycles. The molecule has 218 valence electrons. The van der Waals surface area contributed by atoms with Gasteiger partial charge in [0.25, 0.3) is 0 Å². The number of fused-ring (bicyclic) bond motifs is 2. The summed E-state index contributed by atoms with van der Waals surface area (Å²) in [5.41, 5.74) is -0.826. The highest BCUT2D eigenvalue weighted by atomic mass is 16.6. The number of allylic oxidation sites excluding steroid dienone is 1. The average Bonchev–Trinajstić information content (AvgIpc) is 3.36. The van der Waals surface area contributed by atoms with Gasteiger partial charge in [0.2, 0.25) is 17.7 Å². The van der Waals surface area contributed by atoms with Crippen LogP contribution in [-0.2, 0) is 19.1 Å². The molecule has 2 fully saturated rings. The quantitative estimate of drug-likeness (QED) is 0.489. The Hall–Kier alpha value is -3.43. The molecule has 0 aromatic carbocycles. The summed E-state index contributed by atoms with van der Waals surface area (Å²) in [6.07, 6.45) is 12.4. The molecular weight excluding hydrogens is 510 g/mol. The minimum absolute atomic E-state index is 0.113. The Bertz CT molecular complexity index is 1120. The number of carbonyl (C=O) groups is 4. The Morgan fingerprint density at radius 3 is 2.60 bits per heavy atom. The van der Waals surface area contributed by atoms with E-state index in [9.17, 15) is 19.2 Å². The molecule has 3 heterocycles. The topological polar surface area (TPSA) is 130 Å². The monoisotopic (exact) mass is 553 g/mol. The highest BCUT2D eigenvalue weighted by Crippen LogP contribution is 2.46. The summed E-state index contributed by atoms with van der Waals surface area (Å²) in [6, 6.07) is 1.97. The lowest BCUT2D eigenvalue weighted by Crippen LogP contribution is -2.58. The molecule has 0 spiro atoms. The number of ether oxygens (including phenoxy) is 1. The largest absolute Gasteiger partial charge is 0.444 e. The van der Waals surface area contributed by atoms with Crippen molar-refractivity contribution in [1.82, 2.24) is 25.8 Å². The third kappa shape index (κ3) is 7.20. The molecule has 1 aromatic rings. The lowest BCUT2D eigenvalue weighted by atomic mass is 10.0. The van der Waals surface area contributed by atoms with Crippen LogP contribution in [0, 0.1) is 5.92 Å². The molecule has 0 radical (unpaired) electrons. The van der Waals surface area contributed by atoms with Gasteiger partial charge in [-0.15, -0.1) is 0 Å². The van der Waals surface area contributed by atoms with E-state index >= 15 is 0 Å². The molecule has 10 heteroatoms. The molecule has 1 saturated carbocycles. The summed E-state index contributed by atoms with van der Waals surface area (Å²) in [7, 11) is 0. The van der Waals surface area contributed by atoms with Crippen LogP contribution in [-0.4, -0.2) is 63.5 Å². The molecule has 4 rings (SSSR count). The number of amides is 4. The Labute approximate surface area is 236 Å². The minimum atomic E-state index is -1.06. The van der Waals surface area contributed by atoms with E-state index in [0.717, 1.165) is 31.2 Å². The molecule has 0 bridgehead atoms. The summed E-state index contributed by atoms with van der Waals surface area (Å²) < 4.78 is 5.41. The van der Waals surface area contributed by atoms with Crippen molar-refractivity contribution in [3.63, 3.8) is 0 Å². The van der Waals surface area contributed by atoms with Crippen LogP contribution in [0.4, 0.5) is 4.79 Å². The zero-order chi connectivity index (χ0) is 28.9. The fourth-order valence-electron chi connectivity index (χ4n) is 5.60. The lowest BCUT2D eigenvalue weighted by molar-refractivity contribution is -0.141. The lowest BCUT2D eigenvalue weighted by Gasteiger charge is -2.31. The van der Waals surface area contributed by atoms with Gasteiger partial charge in [0.15, 0.2) is 0 Å². The number of rotatable bonds is 4. The van der Waals surface area contributed by atoms with Crippen LogP contribution in [0.2, 0.25) is 0 Å². The first kappa shape index (κ1) is 29.6. The van der Waals surface area contributed by atoms with E-state index in [4.69, 9.17) is 4.74 Å².